The van der Waals surface area contributed by atoms with Crippen molar-refractivity contribution in [3.8, 4) is 0 Å². The van der Waals surface area contributed by atoms with Gasteiger partial charge in [0.05, 0.1) is 17.5 Å². The number of halogens is 2. The molecule has 108 valence electrons. The van der Waals surface area contributed by atoms with Gasteiger partial charge in [-0.15, -0.1) is 0 Å². The maximum absolute atomic E-state index is 13.5. The number of carbonyl (C=O) groups excluding carboxylic acids is 2. The normalized spacial score (nSPS) is 18.8. The number of likely N-dealkylation sites (tertiary alicyclic amines) is 1. The van der Waals surface area contributed by atoms with Gasteiger partial charge in [0.25, 0.3) is 5.91 Å². The summed E-state index contributed by atoms with van der Waals surface area (Å²) < 4.78 is 18.5. The van der Waals surface area contributed by atoms with Gasteiger partial charge in [0, 0.05) is 18.7 Å². The van der Waals surface area contributed by atoms with Gasteiger partial charge < -0.3 is 9.64 Å². The Kier molecular flexibility index (Phi) is 4.75. The molecule has 0 bridgehead atoms. The van der Waals surface area contributed by atoms with E-state index in [2.05, 4.69) is 15.9 Å². The number of ether oxygens (including phenoxy) is 1. The van der Waals surface area contributed by atoms with Crippen molar-refractivity contribution in [3.63, 3.8) is 0 Å². The molecule has 1 heterocycles. The van der Waals surface area contributed by atoms with Crippen LogP contribution >= 0.6 is 15.9 Å². The van der Waals surface area contributed by atoms with E-state index in [9.17, 15) is 14.0 Å². The highest BCUT2D eigenvalue weighted by atomic mass is 79.9. The van der Waals surface area contributed by atoms with Gasteiger partial charge in [0.1, 0.15) is 5.82 Å². The van der Waals surface area contributed by atoms with Crippen molar-refractivity contribution in [2.75, 3.05) is 20.2 Å². The maximum Gasteiger partial charge on any atom is 0.310 e. The molecule has 0 radical (unpaired) electrons. The maximum atomic E-state index is 13.5. The topological polar surface area (TPSA) is 46.6 Å². The number of piperidine rings is 1. The molecule has 2 rings (SSSR count). The lowest BCUT2D eigenvalue weighted by Crippen LogP contribution is -2.42. The van der Waals surface area contributed by atoms with E-state index in [0.29, 0.717) is 24.0 Å². The van der Waals surface area contributed by atoms with Crippen molar-refractivity contribution in [2.45, 2.75) is 12.8 Å². The van der Waals surface area contributed by atoms with Crippen LogP contribution in [-0.2, 0) is 9.53 Å². The number of benzene rings is 1. The van der Waals surface area contributed by atoms with E-state index in [0.717, 1.165) is 6.42 Å². The predicted molar refractivity (Wildman–Crippen MR) is 74.7 cm³/mol. The van der Waals surface area contributed by atoms with Crippen LogP contribution in [0.1, 0.15) is 23.2 Å². The minimum absolute atomic E-state index is 0.259. The van der Waals surface area contributed by atoms with Gasteiger partial charge in [-0.2, -0.15) is 0 Å². The van der Waals surface area contributed by atoms with Crippen LogP contribution in [0.3, 0.4) is 0 Å². The molecule has 1 aromatic rings. The number of amides is 1. The zero-order chi connectivity index (χ0) is 14.7. The number of hydrogen-bond acceptors (Lipinski definition) is 3. The number of nitrogens with zero attached hydrogens (tertiary/aromatic N) is 1. The monoisotopic (exact) mass is 343 g/mol. The minimum atomic E-state index is -0.475. The van der Waals surface area contributed by atoms with Gasteiger partial charge in [-0.05, 0) is 47.0 Å². The van der Waals surface area contributed by atoms with E-state index in [1.807, 2.05) is 0 Å². The summed E-state index contributed by atoms with van der Waals surface area (Å²) in [6, 6.07) is 4.27. The molecule has 1 saturated heterocycles. The smallest absolute Gasteiger partial charge is 0.310 e. The van der Waals surface area contributed by atoms with Crippen molar-refractivity contribution in [3.05, 3.63) is 34.1 Å². The van der Waals surface area contributed by atoms with Crippen LogP contribution in [0.25, 0.3) is 0 Å². The lowest BCUT2D eigenvalue weighted by molar-refractivity contribution is -0.146. The Labute approximate surface area is 125 Å². The van der Waals surface area contributed by atoms with E-state index in [4.69, 9.17) is 4.74 Å². The first-order valence-electron chi connectivity index (χ1n) is 6.35. The van der Waals surface area contributed by atoms with Crippen LogP contribution < -0.4 is 0 Å². The minimum Gasteiger partial charge on any atom is -0.469 e. The van der Waals surface area contributed by atoms with Crippen molar-refractivity contribution < 1.29 is 18.7 Å². The van der Waals surface area contributed by atoms with Crippen LogP contribution in [0.4, 0.5) is 4.39 Å². The Morgan fingerprint density at radius 2 is 2.20 bits per heavy atom. The van der Waals surface area contributed by atoms with Crippen molar-refractivity contribution in [1.82, 2.24) is 4.90 Å². The van der Waals surface area contributed by atoms with E-state index < -0.39 is 5.82 Å². The summed E-state index contributed by atoms with van der Waals surface area (Å²) in [6.45, 7) is 0.896. The molecule has 0 saturated carbocycles. The average molecular weight is 344 g/mol. The first-order valence-corrected chi connectivity index (χ1v) is 7.14. The first-order chi connectivity index (χ1) is 9.52. The number of rotatable bonds is 2. The number of methoxy groups -OCH3 is 1. The van der Waals surface area contributed by atoms with Gasteiger partial charge >= 0.3 is 5.97 Å². The van der Waals surface area contributed by atoms with Gasteiger partial charge in [0.2, 0.25) is 0 Å². The quantitative estimate of drug-likeness (QED) is 0.775. The SMILES string of the molecule is COC(=O)C1CCCN(C(=O)c2ccc(Br)c(F)c2)C1. The van der Waals surface area contributed by atoms with Crippen molar-refractivity contribution in [1.29, 1.82) is 0 Å². The van der Waals surface area contributed by atoms with E-state index in [-0.39, 0.29) is 23.4 Å². The molecule has 0 spiro atoms. The summed E-state index contributed by atoms with van der Waals surface area (Å²) in [5, 5.41) is 0. The van der Waals surface area contributed by atoms with Crippen LogP contribution in [-0.4, -0.2) is 37.0 Å². The third-order valence-corrected chi connectivity index (χ3v) is 4.05. The summed E-state index contributed by atoms with van der Waals surface area (Å²) in [7, 11) is 1.34. The van der Waals surface area contributed by atoms with Gasteiger partial charge in [-0.3, -0.25) is 9.59 Å². The molecule has 6 heteroatoms. The fourth-order valence-corrected chi connectivity index (χ4v) is 2.58. The highest BCUT2D eigenvalue weighted by Crippen LogP contribution is 2.22. The summed E-state index contributed by atoms with van der Waals surface area (Å²) in [5.74, 6) is -1.33. The Morgan fingerprint density at radius 1 is 1.45 bits per heavy atom. The van der Waals surface area contributed by atoms with Crippen molar-refractivity contribution >= 4 is 27.8 Å². The molecule has 1 aliphatic rings. The summed E-state index contributed by atoms with van der Waals surface area (Å²) in [4.78, 5) is 25.4. The lowest BCUT2D eigenvalue weighted by Gasteiger charge is -2.31. The molecule has 1 atom stereocenters. The molecule has 1 fully saturated rings. The molecular formula is C14H15BrFNO3. The van der Waals surface area contributed by atoms with Gasteiger partial charge in [-0.1, -0.05) is 0 Å². The van der Waals surface area contributed by atoms with Crippen LogP contribution in [0.15, 0.2) is 22.7 Å². The molecule has 0 aliphatic carbocycles. The van der Waals surface area contributed by atoms with E-state index >= 15 is 0 Å². The molecule has 0 N–H and O–H groups in total. The molecule has 1 aliphatic heterocycles. The predicted octanol–water partition coefficient (Wildman–Crippen LogP) is 2.61. The molecule has 4 nitrogen and oxygen atoms in total. The Hall–Kier alpha value is -1.43. The second kappa shape index (κ2) is 6.35. The standard InChI is InChI=1S/C14H15BrFNO3/c1-20-14(19)10-3-2-6-17(8-10)13(18)9-4-5-11(15)12(16)7-9/h4-5,7,10H,2-3,6,8H2,1H3. The Bertz CT molecular complexity index is 535. The molecule has 1 amide bonds. The largest absolute Gasteiger partial charge is 0.469 e. The second-order valence-electron chi connectivity index (χ2n) is 4.74. The summed E-state index contributed by atoms with van der Waals surface area (Å²) >= 11 is 3.05. The van der Waals surface area contributed by atoms with Gasteiger partial charge in [0.15, 0.2) is 0 Å². The first kappa shape index (κ1) is 15.0. The van der Waals surface area contributed by atoms with Gasteiger partial charge in [-0.25, -0.2) is 4.39 Å². The fourth-order valence-electron chi connectivity index (χ4n) is 2.33. The number of carbonyl (C=O) groups is 2. The third kappa shape index (κ3) is 3.17. The van der Waals surface area contributed by atoms with E-state index in [1.54, 1.807) is 11.0 Å². The fraction of sp³-hybridized carbons (Fsp3) is 0.429. The number of hydrogen-bond donors (Lipinski definition) is 0. The highest BCUT2D eigenvalue weighted by molar-refractivity contribution is 9.10. The molecule has 20 heavy (non-hydrogen) atoms. The zero-order valence-electron chi connectivity index (χ0n) is 11.1. The van der Waals surface area contributed by atoms with Crippen LogP contribution in [0.5, 0.6) is 0 Å². The van der Waals surface area contributed by atoms with Crippen LogP contribution in [0, 0.1) is 11.7 Å². The Balaban J connectivity index is 2.12. The zero-order valence-corrected chi connectivity index (χ0v) is 12.7. The molecule has 1 unspecified atom stereocenters. The molecule has 0 aromatic heterocycles. The lowest BCUT2D eigenvalue weighted by atomic mass is 9.97. The highest BCUT2D eigenvalue weighted by Gasteiger charge is 2.29. The number of esters is 1. The second-order valence-corrected chi connectivity index (χ2v) is 5.60. The molecule has 1 aromatic carbocycles. The van der Waals surface area contributed by atoms with E-state index in [1.165, 1.54) is 19.2 Å². The Morgan fingerprint density at radius 3 is 2.85 bits per heavy atom. The summed E-state index contributed by atoms with van der Waals surface area (Å²) in [5.41, 5.74) is 0.288. The summed E-state index contributed by atoms with van der Waals surface area (Å²) in [6.07, 6.45) is 1.45. The molecular weight excluding hydrogens is 329 g/mol. The van der Waals surface area contributed by atoms with Crippen molar-refractivity contribution in [2.24, 2.45) is 5.92 Å². The average Bonchev–Trinajstić information content (AvgIpc) is 2.48. The van der Waals surface area contributed by atoms with Crippen LogP contribution in [0.2, 0.25) is 0 Å². The third-order valence-electron chi connectivity index (χ3n) is 3.41.